The summed E-state index contributed by atoms with van der Waals surface area (Å²) >= 11 is 0. The minimum absolute atomic E-state index is 0.206. The van der Waals surface area contributed by atoms with Gasteiger partial charge in [0.25, 0.3) is 5.91 Å². The van der Waals surface area contributed by atoms with E-state index < -0.39 is 30.1 Å². The first-order valence-electron chi connectivity index (χ1n) is 5.30. The standard InChI is InChI=1S/C12H13F2NO3/c1-7(2)15(6-11(16)17)12(18)8-3-9(13)5-10(14)4-8/h3-5,7H,6H2,1-2H3,(H,16,17). The van der Waals surface area contributed by atoms with Crippen molar-refractivity contribution in [3.63, 3.8) is 0 Å². The number of benzene rings is 1. The predicted molar refractivity (Wildman–Crippen MR) is 60.2 cm³/mol. The molecule has 0 bridgehead atoms. The van der Waals surface area contributed by atoms with Gasteiger partial charge < -0.3 is 10.0 Å². The first kappa shape index (κ1) is 14.1. The summed E-state index contributed by atoms with van der Waals surface area (Å²) in [7, 11) is 0. The van der Waals surface area contributed by atoms with E-state index in [1.54, 1.807) is 13.8 Å². The highest BCUT2D eigenvalue weighted by Gasteiger charge is 2.22. The Morgan fingerprint density at radius 3 is 2.11 bits per heavy atom. The van der Waals surface area contributed by atoms with Gasteiger partial charge in [-0.3, -0.25) is 9.59 Å². The maximum absolute atomic E-state index is 13.0. The highest BCUT2D eigenvalue weighted by molar-refractivity contribution is 5.96. The summed E-state index contributed by atoms with van der Waals surface area (Å²) in [6.07, 6.45) is 0. The highest BCUT2D eigenvalue weighted by atomic mass is 19.1. The van der Waals surface area contributed by atoms with Crippen LogP contribution < -0.4 is 0 Å². The summed E-state index contributed by atoms with van der Waals surface area (Å²) in [5, 5.41) is 8.70. The minimum atomic E-state index is -1.19. The molecule has 1 aromatic rings. The molecule has 0 saturated carbocycles. The molecule has 1 aromatic carbocycles. The normalized spacial score (nSPS) is 10.5. The van der Waals surface area contributed by atoms with Crippen LogP contribution in [0.25, 0.3) is 0 Å². The van der Waals surface area contributed by atoms with Gasteiger partial charge >= 0.3 is 5.97 Å². The van der Waals surface area contributed by atoms with Crippen LogP contribution in [0, 0.1) is 11.6 Å². The molecule has 0 fully saturated rings. The Balaban J connectivity index is 3.05. The second-order valence-corrected chi connectivity index (χ2v) is 4.08. The average Bonchev–Trinajstić information content (AvgIpc) is 2.23. The van der Waals surface area contributed by atoms with Gasteiger partial charge in [-0.15, -0.1) is 0 Å². The second-order valence-electron chi connectivity index (χ2n) is 4.08. The molecular formula is C12H13F2NO3. The summed E-state index contributed by atoms with van der Waals surface area (Å²) in [6, 6.07) is 2.01. The Morgan fingerprint density at radius 1 is 1.22 bits per heavy atom. The molecule has 0 radical (unpaired) electrons. The van der Waals surface area contributed by atoms with Crippen molar-refractivity contribution in [1.82, 2.24) is 4.90 Å². The van der Waals surface area contributed by atoms with Gasteiger partial charge in [0.2, 0.25) is 0 Å². The first-order chi connectivity index (χ1) is 8.31. The van der Waals surface area contributed by atoms with Gasteiger partial charge in [-0.1, -0.05) is 0 Å². The van der Waals surface area contributed by atoms with Crippen molar-refractivity contribution in [2.24, 2.45) is 0 Å². The monoisotopic (exact) mass is 257 g/mol. The van der Waals surface area contributed by atoms with Gasteiger partial charge in [0, 0.05) is 17.7 Å². The number of aliphatic carboxylic acids is 1. The van der Waals surface area contributed by atoms with Crippen LogP contribution in [0.2, 0.25) is 0 Å². The molecule has 18 heavy (non-hydrogen) atoms. The Labute approximate surface area is 103 Å². The number of hydrogen-bond donors (Lipinski definition) is 1. The van der Waals surface area contributed by atoms with Gasteiger partial charge in [-0.25, -0.2) is 8.78 Å². The third-order valence-electron chi connectivity index (χ3n) is 2.30. The first-order valence-corrected chi connectivity index (χ1v) is 5.30. The summed E-state index contributed by atoms with van der Waals surface area (Å²) in [4.78, 5) is 23.6. The van der Waals surface area contributed by atoms with Crippen LogP contribution in [0.5, 0.6) is 0 Å². The van der Waals surface area contributed by atoms with E-state index in [9.17, 15) is 18.4 Å². The molecule has 0 aliphatic carbocycles. The molecule has 0 aliphatic rings. The molecule has 0 unspecified atom stereocenters. The largest absolute Gasteiger partial charge is 0.480 e. The zero-order chi connectivity index (χ0) is 13.9. The lowest BCUT2D eigenvalue weighted by atomic mass is 10.1. The Bertz CT molecular complexity index is 454. The lowest BCUT2D eigenvalue weighted by Gasteiger charge is -2.24. The topological polar surface area (TPSA) is 57.6 Å². The van der Waals surface area contributed by atoms with Crippen molar-refractivity contribution in [3.8, 4) is 0 Å². The fourth-order valence-corrected chi connectivity index (χ4v) is 1.48. The molecule has 1 N–H and O–H groups in total. The third kappa shape index (κ3) is 3.51. The summed E-state index contributed by atoms with van der Waals surface area (Å²) < 4.78 is 26.0. The van der Waals surface area contributed by atoms with Crippen LogP contribution in [0.15, 0.2) is 18.2 Å². The highest BCUT2D eigenvalue weighted by Crippen LogP contribution is 2.12. The van der Waals surface area contributed by atoms with E-state index in [0.717, 1.165) is 17.0 Å². The van der Waals surface area contributed by atoms with Crippen molar-refractivity contribution < 1.29 is 23.5 Å². The van der Waals surface area contributed by atoms with Crippen molar-refractivity contribution >= 4 is 11.9 Å². The van der Waals surface area contributed by atoms with Crippen molar-refractivity contribution in [2.75, 3.05) is 6.54 Å². The number of carbonyl (C=O) groups excluding carboxylic acids is 1. The summed E-state index contributed by atoms with van der Waals surface area (Å²) in [6.45, 7) is 2.72. The molecule has 0 atom stereocenters. The number of amides is 1. The lowest BCUT2D eigenvalue weighted by Crippen LogP contribution is -2.40. The number of carboxylic acids is 1. The van der Waals surface area contributed by atoms with Crippen LogP contribution in [-0.2, 0) is 4.79 Å². The van der Waals surface area contributed by atoms with Gasteiger partial charge in [0.1, 0.15) is 18.2 Å². The van der Waals surface area contributed by atoms with Gasteiger partial charge in [0.05, 0.1) is 0 Å². The van der Waals surface area contributed by atoms with E-state index in [2.05, 4.69) is 0 Å². The molecule has 0 heterocycles. The number of carboxylic acid groups (broad SMARTS) is 1. The van der Waals surface area contributed by atoms with Gasteiger partial charge in [-0.05, 0) is 26.0 Å². The van der Waals surface area contributed by atoms with Crippen molar-refractivity contribution in [2.45, 2.75) is 19.9 Å². The van der Waals surface area contributed by atoms with E-state index in [4.69, 9.17) is 5.11 Å². The van der Waals surface area contributed by atoms with Crippen molar-refractivity contribution in [3.05, 3.63) is 35.4 Å². The molecule has 6 heteroatoms. The van der Waals surface area contributed by atoms with Crippen LogP contribution in [0.3, 0.4) is 0 Å². The Morgan fingerprint density at radius 2 is 1.72 bits per heavy atom. The molecule has 98 valence electrons. The van der Waals surface area contributed by atoms with E-state index in [1.165, 1.54) is 0 Å². The zero-order valence-corrected chi connectivity index (χ0v) is 9.98. The molecule has 0 spiro atoms. The van der Waals surface area contributed by atoms with E-state index in [1.807, 2.05) is 0 Å². The molecule has 1 rings (SSSR count). The van der Waals surface area contributed by atoms with Crippen LogP contribution in [0.4, 0.5) is 8.78 Å². The number of halogens is 2. The van der Waals surface area contributed by atoms with Crippen molar-refractivity contribution in [1.29, 1.82) is 0 Å². The molecule has 0 aliphatic heterocycles. The van der Waals surface area contributed by atoms with E-state index >= 15 is 0 Å². The number of rotatable bonds is 4. The molecule has 4 nitrogen and oxygen atoms in total. The fourth-order valence-electron chi connectivity index (χ4n) is 1.48. The molecular weight excluding hydrogens is 244 g/mol. The Kier molecular flexibility index (Phi) is 4.36. The quantitative estimate of drug-likeness (QED) is 0.896. The summed E-state index contributed by atoms with van der Waals surface area (Å²) in [5.74, 6) is -3.66. The SMILES string of the molecule is CC(C)N(CC(=O)O)C(=O)c1cc(F)cc(F)c1. The van der Waals surface area contributed by atoms with Crippen LogP contribution in [0.1, 0.15) is 24.2 Å². The zero-order valence-electron chi connectivity index (χ0n) is 9.98. The number of carbonyl (C=O) groups is 2. The molecule has 1 amide bonds. The van der Waals surface area contributed by atoms with E-state index in [-0.39, 0.29) is 11.6 Å². The van der Waals surface area contributed by atoms with Crippen LogP contribution >= 0.6 is 0 Å². The predicted octanol–water partition coefficient (Wildman–Crippen LogP) is 1.90. The average molecular weight is 257 g/mol. The Hall–Kier alpha value is -1.98. The third-order valence-corrected chi connectivity index (χ3v) is 2.30. The maximum atomic E-state index is 13.0. The van der Waals surface area contributed by atoms with Crippen LogP contribution in [-0.4, -0.2) is 34.5 Å². The minimum Gasteiger partial charge on any atom is -0.480 e. The second kappa shape index (κ2) is 5.57. The fraction of sp³-hybridized carbons (Fsp3) is 0.333. The van der Waals surface area contributed by atoms with Gasteiger partial charge in [-0.2, -0.15) is 0 Å². The molecule has 0 aromatic heterocycles. The number of hydrogen-bond acceptors (Lipinski definition) is 2. The van der Waals surface area contributed by atoms with E-state index in [0.29, 0.717) is 6.07 Å². The lowest BCUT2D eigenvalue weighted by molar-refractivity contribution is -0.138. The summed E-state index contributed by atoms with van der Waals surface area (Å²) in [5.41, 5.74) is -0.206. The maximum Gasteiger partial charge on any atom is 0.323 e. The van der Waals surface area contributed by atoms with Gasteiger partial charge in [0.15, 0.2) is 0 Å². The molecule has 0 saturated heterocycles. The number of nitrogens with zero attached hydrogens (tertiary/aromatic N) is 1. The smallest absolute Gasteiger partial charge is 0.323 e.